The summed E-state index contributed by atoms with van der Waals surface area (Å²) in [6, 6.07) is 41.0. The summed E-state index contributed by atoms with van der Waals surface area (Å²) in [5.74, 6) is 0. The second-order valence-corrected chi connectivity index (χ2v) is 10.8. The average Bonchev–Trinajstić information content (AvgIpc) is 3.73. The molecule has 0 atom stereocenters. The molecule has 0 bridgehead atoms. The number of aromatic nitrogens is 1. The summed E-state index contributed by atoms with van der Waals surface area (Å²) < 4.78 is 14.7. The van der Waals surface area contributed by atoms with E-state index in [1.165, 1.54) is 6.21 Å². The highest BCUT2D eigenvalue weighted by Gasteiger charge is 2.22. The van der Waals surface area contributed by atoms with Gasteiger partial charge in [0.25, 0.3) is 0 Å². The van der Waals surface area contributed by atoms with Crippen LogP contribution in [0.15, 0.2) is 124 Å². The van der Waals surface area contributed by atoms with Crippen molar-refractivity contribution < 1.29 is 8.83 Å². The number of furan rings is 2. The van der Waals surface area contributed by atoms with Crippen molar-refractivity contribution >= 4 is 71.9 Å². The van der Waals surface area contributed by atoms with E-state index in [1.807, 2.05) is 54.6 Å². The minimum absolute atomic E-state index is 0.505. The Morgan fingerprint density at radius 2 is 1.28 bits per heavy atom. The van der Waals surface area contributed by atoms with E-state index < -0.39 is 0 Å². The maximum Gasteiger partial charge on any atom is 0.145 e. The lowest BCUT2D eigenvalue weighted by Gasteiger charge is -2.13. The summed E-state index contributed by atoms with van der Waals surface area (Å²) >= 11 is 0. The Kier molecular flexibility index (Phi) is 4.76. The van der Waals surface area contributed by atoms with Gasteiger partial charge in [-0.1, -0.05) is 60.7 Å². The van der Waals surface area contributed by atoms with Gasteiger partial charge in [0, 0.05) is 38.7 Å². The highest BCUT2D eigenvalue weighted by molar-refractivity contribution is 6.24. The van der Waals surface area contributed by atoms with Crippen LogP contribution in [0.3, 0.4) is 0 Å². The summed E-state index contributed by atoms with van der Waals surface area (Å²) in [6.07, 6.45) is 1.31. The number of benzene rings is 6. The van der Waals surface area contributed by atoms with Crippen LogP contribution in [-0.2, 0) is 0 Å². The molecule has 200 valence electrons. The van der Waals surface area contributed by atoms with Gasteiger partial charge in [0.15, 0.2) is 0 Å². The number of hydrogen-bond donors (Lipinski definition) is 1. The number of para-hydroxylation sites is 3. The number of nitrogens with zero attached hydrogens (tertiary/aromatic N) is 2. The third kappa shape index (κ3) is 3.23. The second-order valence-electron chi connectivity index (χ2n) is 10.8. The van der Waals surface area contributed by atoms with E-state index in [9.17, 15) is 5.26 Å². The molecule has 43 heavy (non-hydrogen) atoms. The lowest BCUT2D eigenvalue weighted by molar-refractivity contribution is 0.669. The van der Waals surface area contributed by atoms with Crippen LogP contribution in [0.5, 0.6) is 0 Å². The molecule has 0 aliphatic rings. The number of hydrogen-bond acceptors (Lipinski definition) is 4. The molecule has 0 aliphatic carbocycles. The monoisotopic (exact) mass is 551 g/mol. The van der Waals surface area contributed by atoms with Crippen LogP contribution in [0.1, 0.15) is 11.1 Å². The average molecular weight is 552 g/mol. The predicted octanol–water partition coefficient (Wildman–Crippen LogP) is 10.1. The molecule has 0 aliphatic heterocycles. The molecule has 1 N–H and O–H groups in total. The van der Waals surface area contributed by atoms with Gasteiger partial charge >= 0.3 is 0 Å². The fraction of sp³-hybridized carbons (Fsp3) is 0. The van der Waals surface area contributed by atoms with Gasteiger partial charge in [-0.2, -0.15) is 5.26 Å². The van der Waals surface area contributed by atoms with E-state index in [-0.39, 0.29) is 0 Å². The molecule has 6 aromatic carbocycles. The van der Waals surface area contributed by atoms with Crippen molar-refractivity contribution in [2.24, 2.45) is 0 Å². The van der Waals surface area contributed by atoms with Crippen LogP contribution < -0.4 is 0 Å². The zero-order valence-electron chi connectivity index (χ0n) is 22.8. The topological polar surface area (TPSA) is 78.9 Å². The Bertz CT molecular complexity index is 2660. The number of fused-ring (bicyclic) bond motifs is 10. The fourth-order valence-electron chi connectivity index (χ4n) is 6.63. The van der Waals surface area contributed by atoms with Crippen LogP contribution in [0, 0.1) is 16.7 Å². The van der Waals surface area contributed by atoms with Crippen molar-refractivity contribution in [3.63, 3.8) is 0 Å². The maximum absolute atomic E-state index is 10.1. The number of nitrogens with one attached hydrogen (secondary N) is 1. The minimum Gasteiger partial charge on any atom is -0.456 e. The molecule has 0 saturated carbocycles. The molecule has 5 heteroatoms. The normalized spacial score (nSPS) is 11.8. The Morgan fingerprint density at radius 3 is 2.07 bits per heavy atom. The molecule has 9 rings (SSSR count). The van der Waals surface area contributed by atoms with Gasteiger partial charge in [-0.05, 0) is 65.7 Å². The van der Waals surface area contributed by atoms with E-state index >= 15 is 0 Å². The molecule has 9 aromatic rings. The first-order valence-corrected chi connectivity index (χ1v) is 14.1. The smallest absolute Gasteiger partial charge is 0.145 e. The summed E-state index contributed by atoms with van der Waals surface area (Å²) in [5.41, 5.74) is 9.23. The van der Waals surface area contributed by atoms with Crippen LogP contribution in [-0.4, -0.2) is 10.8 Å². The first-order chi connectivity index (χ1) is 21.2. The second kappa shape index (κ2) is 8.69. The van der Waals surface area contributed by atoms with Gasteiger partial charge < -0.3 is 18.8 Å². The van der Waals surface area contributed by atoms with Gasteiger partial charge in [0.1, 0.15) is 28.4 Å². The summed E-state index contributed by atoms with van der Waals surface area (Å²) in [4.78, 5) is 0. The highest BCUT2D eigenvalue weighted by atomic mass is 16.3. The highest BCUT2D eigenvalue weighted by Crippen LogP contribution is 2.43. The van der Waals surface area contributed by atoms with Crippen molar-refractivity contribution in [2.45, 2.75) is 0 Å². The Hall–Kier alpha value is -6.12. The van der Waals surface area contributed by atoms with Crippen LogP contribution in [0.25, 0.3) is 82.5 Å². The van der Waals surface area contributed by atoms with Gasteiger partial charge in [-0.3, -0.25) is 0 Å². The lowest BCUT2D eigenvalue weighted by Crippen LogP contribution is -2.02. The summed E-state index contributed by atoms with van der Waals surface area (Å²) in [6.45, 7) is 0. The fourth-order valence-corrected chi connectivity index (χ4v) is 6.63. The molecule has 0 unspecified atom stereocenters. The molecule has 0 spiro atoms. The zero-order chi connectivity index (χ0) is 28.7. The number of rotatable bonds is 3. The minimum atomic E-state index is 0.505. The quantitative estimate of drug-likeness (QED) is 0.222. The van der Waals surface area contributed by atoms with E-state index in [0.29, 0.717) is 16.8 Å². The Labute approximate surface area is 244 Å². The van der Waals surface area contributed by atoms with Gasteiger partial charge in [-0.25, -0.2) is 0 Å². The van der Waals surface area contributed by atoms with Crippen LogP contribution in [0.4, 0.5) is 0 Å². The number of nitriles is 1. The van der Waals surface area contributed by atoms with E-state index in [1.54, 1.807) is 6.07 Å². The molecule has 5 nitrogen and oxygen atoms in total. The van der Waals surface area contributed by atoms with Gasteiger partial charge in [-0.15, -0.1) is 0 Å². The van der Waals surface area contributed by atoms with Crippen LogP contribution >= 0.6 is 0 Å². The Balaban J connectivity index is 1.41. The molecule has 0 saturated heterocycles. The first-order valence-electron chi connectivity index (χ1n) is 14.1. The van der Waals surface area contributed by atoms with Crippen LogP contribution in [0.2, 0.25) is 0 Å². The van der Waals surface area contributed by atoms with E-state index in [2.05, 4.69) is 65.2 Å². The predicted molar refractivity (Wildman–Crippen MR) is 173 cm³/mol. The summed E-state index contributed by atoms with van der Waals surface area (Å²) in [7, 11) is 0. The molecular weight excluding hydrogens is 530 g/mol. The zero-order valence-corrected chi connectivity index (χ0v) is 22.8. The van der Waals surface area contributed by atoms with Crippen molar-refractivity contribution in [3.05, 3.63) is 126 Å². The molecule has 0 amide bonds. The molecule has 0 fully saturated rings. The standard InChI is InChI=1S/C38H21N3O2/c39-20-24-6-5-7-25(21-40)37(24)41-31-15-12-22(23-13-17-35-29(18-23)27-9-2-3-10-33(27)42-35)19-30(31)36-32(41)16-14-28-26-8-1-4-11-34(26)43-38(28)36/h1-20,39H. The van der Waals surface area contributed by atoms with Crippen molar-refractivity contribution in [2.75, 3.05) is 0 Å². The Morgan fingerprint density at radius 1 is 0.605 bits per heavy atom. The third-order valence-electron chi connectivity index (χ3n) is 8.55. The van der Waals surface area contributed by atoms with Crippen molar-refractivity contribution in [1.29, 1.82) is 10.7 Å². The SMILES string of the molecule is N#Cc1cccc(C=N)c1-n1c2ccc(-c3ccc4oc5ccccc5c4c3)cc2c2c3oc4ccccc4c3ccc21. The van der Waals surface area contributed by atoms with Gasteiger partial charge in [0.2, 0.25) is 0 Å². The molecule has 0 radical (unpaired) electrons. The van der Waals surface area contributed by atoms with E-state index in [0.717, 1.165) is 76.8 Å². The lowest BCUT2D eigenvalue weighted by atomic mass is 10.00. The molecule has 3 heterocycles. The van der Waals surface area contributed by atoms with Crippen molar-refractivity contribution in [1.82, 2.24) is 4.57 Å². The summed E-state index contributed by atoms with van der Waals surface area (Å²) in [5, 5.41) is 24.5. The molecule has 3 aromatic heterocycles. The van der Waals surface area contributed by atoms with Crippen molar-refractivity contribution in [3.8, 4) is 22.9 Å². The molecular formula is C38H21N3O2. The van der Waals surface area contributed by atoms with E-state index in [4.69, 9.17) is 14.2 Å². The maximum atomic E-state index is 10.1. The largest absolute Gasteiger partial charge is 0.456 e. The first kappa shape index (κ1) is 23.6. The third-order valence-corrected chi connectivity index (χ3v) is 8.55. The van der Waals surface area contributed by atoms with Gasteiger partial charge in [0.05, 0.1) is 27.7 Å².